The first-order valence-corrected chi connectivity index (χ1v) is 8.30. The van der Waals surface area contributed by atoms with Crippen LogP contribution in [0, 0.1) is 5.92 Å². The van der Waals surface area contributed by atoms with Crippen molar-refractivity contribution in [2.45, 2.75) is 58.0 Å². The molecule has 21 heavy (non-hydrogen) atoms. The largest absolute Gasteiger partial charge is 0.504 e. The Bertz CT molecular complexity index is 456. The van der Waals surface area contributed by atoms with Gasteiger partial charge in [0.25, 0.3) is 0 Å². The molecule has 0 spiro atoms. The molecule has 0 saturated heterocycles. The number of halogens is 1. The number of rotatable bonds is 6. The van der Waals surface area contributed by atoms with Gasteiger partial charge in [-0.25, -0.2) is 0 Å². The fourth-order valence-electron chi connectivity index (χ4n) is 3.24. The summed E-state index contributed by atoms with van der Waals surface area (Å²) in [6, 6.07) is 3.98. The fraction of sp³-hybridized carbons (Fsp3) is 0.647. The minimum Gasteiger partial charge on any atom is -0.504 e. The molecule has 1 aliphatic rings. The molecule has 0 unspecified atom stereocenters. The second kappa shape index (κ2) is 7.90. The molecular formula is C17H26ClNO2. The van der Waals surface area contributed by atoms with E-state index in [1.807, 2.05) is 0 Å². The Morgan fingerprint density at radius 1 is 1.29 bits per heavy atom. The van der Waals surface area contributed by atoms with Crippen LogP contribution in [0.1, 0.15) is 51.0 Å². The first-order valence-electron chi connectivity index (χ1n) is 7.92. The molecule has 0 heterocycles. The van der Waals surface area contributed by atoms with Gasteiger partial charge in [0.1, 0.15) is 0 Å². The van der Waals surface area contributed by atoms with Crippen molar-refractivity contribution in [3.63, 3.8) is 0 Å². The van der Waals surface area contributed by atoms with Crippen LogP contribution >= 0.6 is 11.6 Å². The molecule has 2 rings (SSSR count). The monoisotopic (exact) mass is 311 g/mol. The van der Waals surface area contributed by atoms with E-state index in [-0.39, 0.29) is 5.75 Å². The lowest BCUT2D eigenvalue weighted by atomic mass is 9.83. The van der Waals surface area contributed by atoms with Gasteiger partial charge in [-0.2, -0.15) is 0 Å². The lowest BCUT2D eigenvalue weighted by molar-refractivity contribution is 0.276. The van der Waals surface area contributed by atoms with Crippen molar-refractivity contribution in [3.05, 3.63) is 22.7 Å². The van der Waals surface area contributed by atoms with Crippen LogP contribution in [-0.2, 0) is 6.54 Å². The molecule has 0 aromatic heterocycles. The molecule has 1 saturated carbocycles. The second-order valence-electron chi connectivity index (χ2n) is 6.00. The summed E-state index contributed by atoms with van der Waals surface area (Å²) in [5.74, 6) is 1.53. The summed E-state index contributed by atoms with van der Waals surface area (Å²) in [5.41, 5.74) is 0.801. The Morgan fingerprint density at radius 2 is 2.00 bits per heavy atom. The number of aromatic hydroxyl groups is 1. The van der Waals surface area contributed by atoms with E-state index in [2.05, 4.69) is 12.2 Å². The minimum absolute atomic E-state index is 0.189. The molecule has 1 aliphatic carbocycles. The van der Waals surface area contributed by atoms with Crippen molar-refractivity contribution in [3.8, 4) is 11.5 Å². The molecule has 0 radical (unpaired) electrons. The lowest BCUT2D eigenvalue weighted by Gasteiger charge is -2.29. The van der Waals surface area contributed by atoms with Crippen LogP contribution in [0.5, 0.6) is 11.5 Å². The van der Waals surface area contributed by atoms with Crippen molar-refractivity contribution >= 4 is 11.6 Å². The summed E-state index contributed by atoms with van der Waals surface area (Å²) < 4.78 is 5.14. The van der Waals surface area contributed by atoms with Gasteiger partial charge >= 0.3 is 0 Å². The van der Waals surface area contributed by atoms with E-state index in [1.165, 1.54) is 45.6 Å². The average molecular weight is 312 g/mol. The number of methoxy groups -OCH3 is 1. The van der Waals surface area contributed by atoms with Gasteiger partial charge in [-0.3, -0.25) is 0 Å². The standard InChI is InChI=1S/C17H26ClNO2/c1-3-4-12-5-7-15(8-6-12)19-11-13-9-14(18)10-16(21-2)17(13)20/h9-10,12,15,19-20H,3-8,11H2,1-2H3. The number of hydrogen-bond donors (Lipinski definition) is 2. The summed E-state index contributed by atoms with van der Waals surface area (Å²) in [6.45, 7) is 2.89. The molecule has 3 nitrogen and oxygen atoms in total. The molecule has 0 amide bonds. The maximum absolute atomic E-state index is 10.1. The average Bonchev–Trinajstić information content (AvgIpc) is 2.49. The number of phenolic OH excluding ortho intramolecular Hbond substituents is 1. The maximum Gasteiger partial charge on any atom is 0.162 e. The topological polar surface area (TPSA) is 41.5 Å². The van der Waals surface area contributed by atoms with Crippen LogP contribution in [0.3, 0.4) is 0 Å². The van der Waals surface area contributed by atoms with E-state index < -0.39 is 0 Å². The van der Waals surface area contributed by atoms with Crippen LogP contribution in [0.15, 0.2) is 12.1 Å². The number of ether oxygens (including phenoxy) is 1. The van der Waals surface area contributed by atoms with Crippen molar-refractivity contribution in [2.24, 2.45) is 5.92 Å². The smallest absolute Gasteiger partial charge is 0.162 e. The van der Waals surface area contributed by atoms with E-state index in [4.69, 9.17) is 16.3 Å². The minimum atomic E-state index is 0.189. The van der Waals surface area contributed by atoms with Gasteiger partial charge < -0.3 is 15.2 Å². The van der Waals surface area contributed by atoms with Gasteiger partial charge in [0.05, 0.1) is 7.11 Å². The highest BCUT2D eigenvalue weighted by Crippen LogP contribution is 2.34. The third-order valence-electron chi connectivity index (χ3n) is 4.46. The summed E-state index contributed by atoms with van der Waals surface area (Å²) in [4.78, 5) is 0. The van der Waals surface area contributed by atoms with Crippen molar-refractivity contribution in [1.82, 2.24) is 5.32 Å². The van der Waals surface area contributed by atoms with Crippen LogP contribution in [0.2, 0.25) is 5.02 Å². The van der Waals surface area contributed by atoms with Gasteiger partial charge in [0.2, 0.25) is 0 Å². The molecule has 1 aromatic carbocycles. The Morgan fingerprint density at radius 3 is 2.62 bits per heavy atom. The van der Waals surface area contributed by atoms with Gasteiger partial charge in [-0.15, -0.1) is 0 Å². The molecular weight excluding hydrogens is 286 g/mol. The van der Waals surface area contributed by atoms with E-state index in [0.717, 1.165) is 11.5 Å². The highest BCUT2D eigenvalue weighted by Gasteiger charge is 2.20. The quantitative estimate of drug-likeness (QED) is 0.812. The summed E-state index contributed by atoms with van der Waals surface area (Å²) >= 11 is 6.06. The Hall–Kier alpha value is -0.930. The van der Waals surface area contributed by atoms with Crippen molar-refractivity contribution in [2.75, 3.05) is 7.11 Å². The zero-order valence-electron chi connectivity index (χ0n) is 13.0. The first kappa shape index (κ1) is 16.4. The first-order chi connectivity index (χ1) is 10.1. The van der Waals surface area contributed by atoms with Gasteiger partial charge in [-0.05, 0) is 37.7 Å². The number of nitrogens with one attached hydrogen (secondary N) is 1. The Labute approximate surface area is 132 Å². The third kappa shape index (κ3) is 4.52. The van der Waals surface area contributed by atoms with Crippen LogP contribution in [0.25, 0.3) is 0 Å². The lowest BCUT2D eigenvalue weighted by Crippen LogP contribution is -2.32. The second-order valence-corrected chi connectivity index (χ2v) is 6.44. The molecule has 1 fully saturated rings. The van der Waals surface area contributed by atoms with Gasteiger partial charge in [0, 0.05) is 29.2 Å². The van der Waals surface area contributed by atoms with E-state index in [1.54, 1.807) is 12.1 Å². The summed E-state index contributed by atoms with van der Waals surface area (Å²) in [5, 5.41) is 14.3. The highest BCUT2D eigenvalue weighted by molar-refractivity contribution is 6.30. The molecule has 0 bridgehead atoms. The predicted octanol–water partition coefficient (Wildman–Crippen LogP) is 4.50. The molecule has 118 valence electrons. The van der Waals surface area contributed by atoms with Crippen molar-refractivity contribution < 1.29 is 9.84 Å². The van der Waals surface area contributed by atoms with Crippen LogP contribution in [-0.4, -0.2) is 18.3 Å². The molecule has 4 heteroatoms. The normalized spacial score (nSPS) is 22.2. The predicted molar refractivity (Wildman–Crippen MR) is 87.2 cm³/mol. The highest BCUT2D eigenvalue weighted by atomic mass is 35.5. The number of benzene rings is 1. The van der Waals surface area contributed by atoms with Crippen LogP contribution in [0.4, 0.5) is 0 Å². The zero-order chi connectivity index (χ0) is 15.2. The van der Waals surface area contributed by atoms with Crippen LogP contribution < -0.4 is 10.1 Å². The molecule has 2 N–H and O–H groups in total. The zero-order valence-corrected chi connectivity index (χ0v) is 13.7. The molecule has 1 aromatic rings. The Balaban J connectivity index is 1.88. The van der Waals surface area contributed by atoms with Gasteiger partial charge in [0.15, 0.2) is 11.5 Å². The third-order valence-corrected chi connectivity index (χ3v) is 4.68. The van der Waals surface area contributed by atoms with Crippen molar-refractivity contribution in [1.29, 1.82) is 0 Å². The number of phenols is 1. The summed E-state index contributed by atoms with van der Waals surface area (Å²) in [7, 11) is 1.54. The Kier molecular flexibility index (Phi) is 6.19. The molecule has 0 atom stereocenters. The maximum atomic E-state index is 10.1. The summed E-state index contributed by atoms with van der Waals surface area (Å²) in [6.07, 6.45) is 7.73. The number of hydrogen-bond acceptors (Lipinski definition) is 3. The van der Waals surface area contributed by atoms with E-state index in [0.29, 0.717) is 23.4 Å². The van der Waals surface area contributed by atoms with Gasteiger partial charge in [-0.1, -0.05) is 31.4 Å². The SMILES string of the molecule is CCCC1CCC(NCc2cc(Cl)cc(OC)c2O)CC1. The van der Waals surface area contributed by atoms with E-state index in [9.17, 15) is 5.11 Å². The fourth-order valence-corrected chi connectivity index (χ4v) is 3.47. The molecule has 0 aliphatic heterocycles. The van der Waals surface area contributed by atoms with E-state index >= 15 is 0 Å².